The van der Waals surface area contributed by atoms with Crippen molar-refractivity contribution in [3.8, 4) is 5.75 Å². The highest BCUT2D eigenvalue weighted by Crippen LogP contribution is 2.22. The highest BCUT2D eigenvalue weighted by atomic mass is 19.1. The number of hydrogen-bond donors (Lipinski definition) is 1. The predicted molar refractivity (Wildman–Crippen MR) is 51.3 cm³/mol. The van der Waals surface area contributed by atoms with Gasteiger partial charge in [0.1, 0.15) is 11.6 Å². The van der Waals surface area contributed by atoms with Gasteiger partial charge in [-0.05, 0) is 42.5 Å². The molecule has 0 aliphatic rings. The van der Waals surface area contributed by atoms with Gasteiger partial charge < -0.3 is 5.11 Å². The van der Waals surface area contributed by atoms with E-state index >= 15 is 0 Å². The standard InChI is InChI=1S/C11H15FO/c1-7(2)4-9-6-11(13)8(3)5-10(9)12/h5-7,13H,4H2,1-3H3. The van der Waals surface area contributed by atoms with Crippen molar-refractivity contribution in [3.63, 3.8) is 0 Å². The number of aromatic hydroxyl groups is 1. The van der Waals surface area contributed by atoms with E-state index in [1.807, 2.05) is 13.8 Å². The molecule has 0 unspecified atom stereocenters. The molecular weight excluding hydrogens is 167 g/mol. The molecule has 0 atom stereocenters. The number of phenols is 1. The third-order valence-electron chi connectivity index (χ3n) is 1.99. The predicted octanol–water partition coefficient (Wildman–Crippen LogP) is 3.04. The first kappa shape index (κ1) is 10.0. The van der Waals surface area contributed by atoms with Gasteiger partial charge in [-0.15, -0.1) is 0 Å². The Labute approximate surface area is 78.2 Å². The number of phenolic OH excluding ortho intramolecular Hbond substituents is 1. The summed E-state index contributed by atoms with van der Waals surface area (Å²) >= 11 is 0. The Bertz CT molecular complexity index is 305. The van der Waals surface area contributed by atoms with Gasteiger partial charge >= 0.3 is 0 Å². The lowest BCUT2D eigenvalue weighted by molar-refractivity contribution is 0.465. The van der Waals surface area contributed by atoms with Crippen LogP contribution in [-0.4, -0.2) is 5.11 Å². The van der Waals surface area contributed by atoms with E-state index in [0.717, 1.165) is 0 Å². The van der Waals surface area contributed by atoms with Crippen molar-refractivity contribution < 1.29 is 9.50 Å². The molecule has 0 radical (unpaired) electrons. The average Bonchev–Trinajstić information content (AvgIpc) is 1.99. The molecule has 0 aliphatic carbocycles. The molecule has 1 aromatic rings. The Kier molecular flexibility index (Phi) is 2.91. The van der Waals surface area contributed by atoms with Crippen LogP contribution in [0.4, 0.5) is 4.39 Å². The molecule has 0 aromatic heterocycles. The van der Waals surface area contributed by atoms with Gasteiger partial charge in [0.15, 0.2) is 0 Å². The highest BCUT2D eigenvalue weighted by molar-refractivity contribution is 5.36. The Balaban J connectivity index is 3.01. The first-order valence-electron chi connectivity index (χ1n) is 4.48. The third kappa shape index (κ3) is 2.44. The summed E-state index contributed by atoms with van der Waals surface area (Å²) in [7, 11) is 0. The molecular formula is C11H15FO. The second kappa shape index (κ2) is 3.77. The minimum atomic E-state index is -0.219. The van der Waals surface area contributed by atoms with Crippen molar-refractivity contribution >= 4 is 0 Å². The summed E-state index contributed by atoms with van der Waals surface area (Å²) in [6, 6.07) is 2.90. The van der Waals surface area contributed by atoms with E-state index in [-0.39, 0.29) is 11.6 Å². The molecule has 1 N–H and O–H groups in total. The number of benzene rings is 1. The number of aryl methyl sites for hydroxylation is 1. The maximum atomic E-state index is 13.3. The lowest BCUT2D eigenvalue weighted by Gasteiger charge is -2.08. The second-order valence-electron chi connectivity index (χ2n) is 3.83. The summed E-state index contributed by atoms with van der Waals surface area (Å²) in [5, 5.41) is 9.37. The minimum absolute atomic E-state index is 0.178. The molecule has 0 fully saturated rings. The van der Waals surface area contributed by atoms with Crippen LogP contribution in [0.3, 0.4) is 0 Å². The fraction of sp³-hybridized carbons (Fsp3) is 0.455. The van der Waals surface area contributed by atoms with E-state index in [9.17, 15) is 9.50 Å². The zero-order valence-electron chi connectivity index (χ0n) is 8.26. The monoisotopic (exact) mass is 182 g/mol. The van der Waals surface area contributed by atoms with Gasteiger partial charge in [0.2, 0.25) is 0 Å². The Hall–Kier alpha value is -1.05. The lowest BCUT2D eigenvalue weighted by atomic mass is 10.0. The number of halogens is 1. The van der Waals surface area contributed by atoms with Crippen molar-refractivity contribution in [3.05, 3.63) is 29.1 Å². The van der Waals surface area contributed by atoms with Crippen molar-refractivity contribution in [2.45, 2.75) is 27.2 Å². The van der Waals surface area contributed by atoms with Gasteiger partial charge in [-0.2, -0.15) is 0 Å². The minimum Gasteiger partial charge on any atom is -0.508 e. The van der Waals surface area contributed by atoms with Gasteiger partial charge in [0.25, 0.3) is 0 Å². The molecule has 2 heteroatoms. The molecule has 0 bridgehead atoms. The quantitative estimate of drug-likeness (QED) is 0.745. The van der Waals surface area contributed by atoms with Crippen LogP contribution in [0.5, 0.6) is 5.75 Å². The van der Waals surface area contributed by atoms with E-state index < -0.39 is 0 Å². The Morgan fingerprint density at radius 2 is 2.00 bits per heavy atom. The van der Waals surface area contributed by atoms with Crippen molar-refractivity contribution in [2.24, 2.45) is 5.92 Å². The largest absolute Gasteiger partial charge is 0.508 e. The molecule has 0 saturated heterocycles. The zero-order valence-corrected chi connectivity index (χ0v) is 8.26. The summed E-state index contributed by atoms with van der Waals surface area (Å²) in [6.07, 6.45) is 0.666. The smallest absolute Gasteiger partial charge is 0.126 e. The lowest BCUT2D eigenvalue weighted by Crippen LogP contribution is -1.98. The summed E-state index contributed by atoms with van der Waals surface area (Å²) in [4.78, 5) is 0. The fourth-order valence-corrected chi connectivity index (χ4v) is 1.30. The van der Waals surface area contributed by atoms with E-state index in [1.54, 1.807) is 6.92 Å². The van der Waals surface area contributed by atoms with Crippen LogP contribution < -0.4 is 0 Å². The molecule has 1 rings (SSSR count). The molecule has 0 saturated carbocycles. The summed E-state index contributed by atoms with van der Waals surface area (Å²) in [5.41, 5.74) is 1.18. The van der Waals surface area contributed by atoms with Crippen LogP contribution in [0.1, 0.15) is 25.0 Å². The van der Waals surface area contributed by atoms with Crippen LogP contribution in [0.25, 0.3) is 0 Å². The van der Waals surface area contributed by atoms with Crippen LogP contribution in [-0.2, 0) is 6.42 Å². The molecule has 0 amide bonds. The summed E-state index contributed by atoms with van der Waals surface area (Å²) in [6.45, 7) is 5.74. The van der Waals surface area contributed by atoms with E-state index in [1.165, 1.54) is 12.1 Å². The topological polar surface area (TPSA) is 20.2 Å². The molecule has 1 aromatic carbocycles. The first-order chi connectivity index (χ1) is 6.00. The fourth-order valence-electron chi connectivity index (χ4n) is 1.30. The summed E-state index contributed by atoms with van der Waals surface area (Å²) < 4.78 is 13.3. The van der Waals surface area contributed by atoms with Crippen LogP contribution in [0.2, 0.25) is 0 Å². The molecule has 0 spiro atoms. The number of rotatable bonds is 2. The third-order valence-corrected chi connectivity index (χ3v) is 1.99. The van der Waals surface area contributed by atoms with E-state index in [0.29, 0.717) is 23.5 Å². The molecule has 1 nitrogen and oxygen atoms in total. The molecule has 13 heavy (non-hydrogen) atoms. The highest BCUT2D eigenvalue weighted by Gasteiger charge is 2.07. The van der Waals surface area contributed by atoms with Gasteiger partial charge in [0.05, 0.1) is 0 Å². The van der Waals surface area contributed by atoms with Crippen molar-refractivity contribution in [1.29, 1.82) is 0 Å². The number of hydrogen-bond acceptors (Lipinski definition) is 1. The summed E-state index contributed by atoms with van der Waals surface area (Å²) in [5.74, 6) is 0.359. The van der Waals surface area contributed by atoms with Crippen LogP contribution in [0.15, 0.2) is 12.1 Å². The Morgan fingerprint density at radius 1 is 1.38 bits per heavy atom. The van der Waals surface area contributed by atoms with Gasteiger partial charge in [0, 0.05) is 0 Å². The zero-order chi connectivity index (χ0) is 10.0. The van der Waals surface area contributed by atoms with E-state index in [2.05, 4.69) is 0 Å². The second-order valence-corrected chi connectivity index (χ2v) is 3.83. The maximum Gasteiger partial charge on any atom is 0.126 e. The van der Waals surface area contributed by atoms with Crippen LogP contribution in [0, 0.1) is 18.7 Å². The Morgan fingerprint density at radius 3 is 2.54 bits per heavy atom. The molecule has 72 valence electrons. The van der Waals surface area contributed by atoms with Gasteiger partial charge in [-0.1, -0.05) is 13.8 Å². The van der Waals surface area contributed by atoms with E-state index in [4.69, 9.17) is 0 Å². The van der Waals surface area contributed by atoms with Crippen molar-refractivity contribution in [2.75, 3.05) is 0 Å². The van der Waals surface area contributed by atoms with Gasteiger partial charge in [-0.25, -0.2) is 4.39 Å². The van der Waals surface area contributed by atoms with Gasteiger partial charge in [-0.3, -0.25) is 0 Å². The van der Waals surface area contributed by atoms with Crippen molar-refractivity contribution in [1.82, 2.24) is 0 Å². The molecule has 0 aliphatic heterocycles. The first-order valence-corrected chi connectivity index (χ1v) is 4.48. The maximum absolute atomic E-state index is 13.3. The SMILES string of the molecule is Cc1cc(F)c(CC(C)C)cc1O. The normalized spacial score (nSPS) is 10.8. The average molecular weight is 182 g/mol. The molecule has 0 heterocycles. The van der Waals surface area contributed by atoms with Crippen LogP contribution >= 0.6 is 0 Å².